The van der Waals surface area contributed by atoms with E-state index in [0.717, 1.165) is 6.07 Å². The lowest BCUT2D eigenvalue weighted by Crippen LogP contribution is -2.04. The third-order valence-corrected chi connectivity index (χ3v) is 2.85. The van der Waals surface area contributed by atoms with Crippen LogP contribution in [0.25, 0.3) is 0 Å². The smallest absolute Gasteiger partial charge is 0.162 e. The molecule has 2 rings (SSSR count). The molecular formula is C15H11F2NO. The molecule has 1 atom stereocenters. The third kappa shape index (κ3) is 2.95. The topological polar surface area (TPSA) is 44.0 Å². The largest absolute Gasteiger partial charge is 0.388 e. The minimum Gasteiger partial charge on any atom is -0.388 e. The zero-order chi connectivity index (χ0) is 13.8. The summed E-state index contributed by atoms with van der Waals surface area (Å²) in [6.45, 7) is 0. The molecule has 0 aliphatic heterocycles. The fourth-order valence-electron chi connectivity index (χ4n) is 1.85. The second-order valence-corrected chi connectivity index (χ2v) is 4.17. The zero-order valence-corrected chi connectivity index (χ0v) is 9.98. The number of aliphatic hydroxyl groups is 1. The van der Waals surface area contributed by atoms with Gasteiger partial charge in [-0.1, -0.05) is 24.3 Å². The Morgan fingerprint density at radius 3 is 2.63 bits per heavy atom. The van der Waals surface area contributed by atoms with Crippen LogP contribution in [-0.4, -0.2) is 5.11 Å². The minimum atomic E-state index is -0.982. The van der Waals surface area contributed by atoms with Gasteiger partial charge in [0.15, 0.2) is 11.6 Å². The molecule has 2 aromatic rings. The van der Waals surface area contributed by atoms with Gasteiger partial charge in [-0.3, -0.25) is 0 Å². The number of benzene rings is 2. The van der Waals surface area contributed by atoms with E-state index in [1.165, 1.54) is 18.2 Å². The van der Waals surface area contributed by atoms with Crippen molar-refractivity contribution in [3.8, 4) is 6.07 Å². The first-order valence-electron chi connectivity index (χ1n) is 5.73. The van der Waals surface area contributed by atoms with Crippen molar-refractivity contribution in [2.45, 2.75) is 12.5 Å². The monoisotopic (exact) mass is 259 g/mol. The molecule has 4 heteroatoms. The molecule has 0 radical (unpaired) electrons. The minimum absolute atomic E-state index is 0.0432. The molecule has 0 saturated heterocycles. The van der Waals surface area contributed by atoms with E-state index >= 15 is 0 Å². The first-order chi connectivity index (χ1) is 9.11. The third-order valence-electron chi connectivity index (χ3n) is 2.85. The van der Waals surface area contributed by atoms with Gasteiger partial charge in [0.05, 0.1) is 17.7 Å². The summed E-state index contributed by atoms with van der Waals surface area (Å²) in [6, 6.07) is 12.2. The maximum absolute atomic E-state index is 13.5. The first-order valence-corrected chi connectivity index (χ1v) is 5.73. The van der Waals surface area contributed by atoms with Crippen molar-refractivity contribution in [2.75, 3.05) is 0 Å². The Hall–Kier alpha value is -2.25. The Morgan fingerprint density at radius 1 is 1.16 bits per heavy atom. The SMILES string of the molecule is N#Cc1cccc(C(O)Cc2cccc(F)c2F)c1. The molecule has 0 aliphatic rings. The summed E-state index contributed by atoms with van der Waals surface area (Å²) in [5.74, 6) is -1.88. The number of hydrogen-bond acceptors (Lipinski definition) is 2. The van der Waals surface area contributed by atoms with Crippen LogP contribution in [-0.2, 0) is 6.42 Å². The quantitative estimate of drug-likeness (QED) is 0.920. The highest BCUT2D eigenvalue weighted by molar-refractivity contribution is 5.34. The normalized spacial score (nSPS) is 11.9. The predicted molar refractivity (Wildman–Crippen MR) is 66.2 cm³/mol. The fraction of sp³-hybridized carbons (Fsp3) is 0.133. The zero-order valence-electron chi connectivity index (χ0n) is 9.98. The lowest BCUT2D eigenvalue weighted by atomic mass is 9.99. The number of aliphatic hydroxyl groups excluding tert-OH is 1. The molecule has 0 aliphatic carbocycles. The van der Waals surface area contributed by atoms with Gasteiger partial charge in [-0.15, -0.1) is 0 Å². The Labute approximate surface area is 109 Å². The molecule has 0 spiro atoms. The van der Waals surface area contributed by atoms with Gasteiger partial charge in [0.2, 0.25) is 0 Å². The summed E-state index contributed by atoms with van der Waals surface area (Å²) in [5, 5.41) is 18.8. The Bertz CT molecular complexity index is 634. The maximum Gasteiger partial charge on any atom is 0.162 e. The molecule has 0 amide bonds. The van der Waals surface area contributed by atoms with Crippen LogP contribution in [0.2, 0.25) is 0 Å². The van der Waals surface area contributed by atoms with Gasteiger partial charge >= 0.3 is 0 Å². The van der Waals surface area contributed by atoms with E-state index < -0.39 is 17.7 Å². The Balaban J connectivity index is 2.23. The molecule has 0 aromatic heterocycles. The van der Waals surface area contributed by atoms with Crippen LogP contribution in [0.15, 0.2) is 42.5 Å². The van der Waals surface area contributed by atoms with Gasteiger partial charge in [0.25, 0.3) is 0 Å². The van der Waals surface area contributed by atoms with Crippen molar-refractivity contribution in [1.29, 1.82) is 5.26 Å². The molecule has 2 aromatic carbocycles. The fourth-order valence-corrected chi connectivity index (χ4v) is 1.85. The summed E-state index contributed by atoms with van der Waals surface area (Å²) in [6.07, 6.45) is -1.03. The van der Waals surface area contributed by atoms with Crippen LogP contribution in [0.1, 0.15) is 22.8 Å². The summed E-state index contributed by atoms with van der Waals surface area (Å²) in [7, 11) is 0. The highest BCUT2D eigenvalue weighted by atomic mass is 19.2. The van der Waals surface area contributed by atoms with Crippen molar-refractivity contribution in [2.24, 2.45) is 0 Å². The van der Waals surface area contributed by atoms with Crippen LogP contribution < -0.4 is 0 Å². The van der Waals surface area contributed by atoms with Crippen LogP contribution in [0.5, 0.6) is 0 Å². The molecule has 0 saturated carbocycles. The van der Waals surface area contributed by atoms with Crippen LogP contribution in [0.3, 0.4) is 0 Å². The summed E-state index contributed by atoms with van der Waals surface area (Å²) in [4.78, 5) is 0. The van der Waals surface area contributed by atoms with E-state index in [-0.39, 0.29) is 12.0 Å². The summed E-state index contributed by atoms with van der Waals surface area (Å²) in [5.41, 5.74) is 1.02. The molecule has 0 bridgehead atoms. The van der Waals surface area contributed by atoms with Gasteiger partial charge < -0.3 is 5.11 Å². The van der Waals surface area contributed by atoms with Crippen molar-refractivity contribution >= 4 is 0 Å². The van der Waals surface area contributed by atoms with E-state index in [2.05, 4.69) is 0 Å². The van der Waals surface area contributed by atoms with Crippen molar-refractivity contribution in [1.82, 2.24) is 0 Å². The molecule has 1 N–H and O–H groups in total. The number of nitriles is 1. The lowest BCUT2D eigenvalue weighted by molar-refractivity contribution is 0.177. The Morgan fingerprint density at radius 2 is 1.89 bits per heavy atom. The maximum atomic E-state index is 13.5. The van der Waals surface area contributed by atoms with Crippen molar-refractivity contribution < 1.29 is 13.9 Å². The number of hydrogen-bond donors (Lipinski definition) is 1. The number of rotatable bonds is 3. The second kappa shape index (κ2) is 5.59. The average Bonchev–Trinajstić information content (AvgIpc) is 2.44. The highest BCUT2D eigenvalue weighted by Gasteiger charge is 2.14. The average molecular weight is 259 g/mol. The van der Waals surface area contributed by atoms with E-state index in [4.69, 9.17) is 5.26 Å². The van der Waals surface area contributed by atoms with Crippen LogP contribution in [0.4, 0.5) is 8.78 Å². The highest BCUT2D eigenvalue weighted by Crippen LogP contribution is 2.21. The first kappa shape index (κ1) is 13.2. The van der Waals surface area contributed by atoms with Gasteiger partial charge in [0.1, 0.15) is 0 Å². The molecule has 0 heterocycles. The molecule has 0 fully saturated rings. The predicted octanol–water partition coefficient (Wildman–Crippen LogP) is 3.11. The summed E-state index contributed by atoms with van der Waals surface area (Å²) >= 11 is 0. The molecule has 1 unspecified atom stereocenters. The molecule has 2 nitrogen and oxygen atoms in total. The van der Waals surface area contributed by atoms with Crippen molar-refractivity contribution in [3.05, 3.63) is 70.8 Å². The van der Waals surface area contributed by atoms with Gasteiger partial charge in [0, 0.05) is 6.42 Å². The number of nitrogens with zero attached hydrogens (tertiary/aromatic N) is 1. The van der Waals surface area contributed by atoms with E-state index in [1.807, 2.05) is 6.07 Å². The van der Waals surface area contributed by atoms with E-state index in [1.54, 1.807) is 18.2 Å². The van der Waals surface area contributed by atoms with Gasteiger partial charge in [-0.05, 0) is 29.3 Å². The van der Waals surface area contributed by atoms with Crippen LogP contribution >= 0.6 is 0 Å². The van der Waals surface area contributed by atoms with Gasteiger partial charge in [-0.2, -0.15) is 5.26 Å². The lowest BCUT2D eigenvalue weighted by Gasteiger charge is -2.12. The second-order valence-electron chi connectivity index (χ2n) is 4.17. The van der Waals surface area contributed by atoms with Crippen molar-refractivity contribution in [3.63, 3.8) is 0 Å². The van der Waals surface area contributed by atoms with E-state index in [9.17, 15) is 13.9 Å². The molecule has 96 valence electrons. The van der Waals surface area contributed by atoms with E-state index in [0.29, 0.717) is 11.1 Å². The number of halogens is 2. The van der Waals surface area contributed by atoms with Crippen LogP contribution in [0, 0.1) is 23.0 Å². The Kier molecular flexibility index (Phi) is 3.88. The molecule has 19 heavy (non-hydrogen) atoms. The summed E-state index contributed by atoms with van der Waals surface area (Å²) < 4.78 is 26.5. The van der Waals surface area contributed by atoms with Gasteiger partial charge in [-0.25, -0.2) is 8.78 Å². The molecular weight excluding hydrogens is 248 g/mol. The standard InChI is InChI=1S/C15H11F2NO/c16-13-6-2-5-12(15(13)17)8-14(19)11-4-1-3-10(7-11)9-18/h1-7,14,19H,8H2.